The molecule has 5 atom stereocenters. The van der Waals surface area contributed by atoms with Crippen molar-refractivity contribution < 1.29 is 25.2 Å². The molecule has 2 rings (SSSR count). The number of aromatic nitrogens is 2. The summed E-state index contributed by atoms with van der Waals surface area (Å²) in [6, 6.07) is 1.32. The first-order valence-corrected chi connectivity index (χ1v) is 5.61. The van der Waals surface area contributed by atoms with Crippen LogP contribution >= 0.6 is 0 Å². The van der Waals surface area contributed by atoms with Crippen LogP contribution in [0.4, 0.5) is 5.82 Å². The van der Waals surface area contributed by atoms with Crippen molar-refractivity contribution in [1.82, 2.24) is 9.55 Å². The number of anilines is 1. The third-order valence-corrected chi connectivity index (χ3v) is 2.99. The predicted octanol–water partition coefficient (Wildman–Crippen LogP) is -3.20. The highest BCUT2D eigenvalue weighted by atomic mass is 16.6. The molecule has 1 aromatic heterocycles. The van der Waals surface area contributed by atoms with Crippen molar-refractivity contribution in [2.24, 2.45) is 0 Å². The van der Waals surface area contributed by atoms with Crippen LogP contribution in [0.25, 0.3) is 0 Å². The van der Waals surface area contributed by atoms with E-state index in [1.807, 2.05) is 0 Å². The van der Waals surface area contributed by atoms with E-state index in [1.165, 1.54) is 12.3 Å². The maximum absolute atomic E-state index is 11.6. The summed E-state index contributed by atoms with van der Waals surface area (Å²) in [5.74, 6) is 0.00541. The number of nitrogens with zero attached hydrogens (tertiary/aromatic N) is 2. The van der Waals surface area contributed by atoms with E-state index in [0.29, 0.717) is 0 Å². The number of rotatable bonds is 2. The number of hydrogen-bond donors (Lipinski definition) is 5. The average Bonchev–Trinajstić information content (AvgIpc) is 2.38. The summed E-state index contributed by atoms with van der Waals surface area (Å²) in [7, 11) is 0. The molecular formula is C10H15N3O6. The van der Waals surface area contributed by atoms with Crippen molar-refractivity contribution in [3.63, 3.8) is 0 Å². The van der Waals surface area contributed by atoms with Crippen molar-refractivity contribution in [1.29, 1.82) is 0 Å². The minimum absolute atomic E-state index is 0.00541. The largest absolute Gasteiger partial charge is 0.394 e. The van der Waals surface area contributed by atoms with Crippen molar-refractivity contribution in [3.05, 3.63) is 22.7 Å². The average molecular weight is 273 g/mol. The van der Waals surface area contributed by atoms with Gasteiger partial charge in [-0.05, 0) is 6.07 Å². The molecule has 9 heteroatoms. The van der Waals surface area contributed by atoms with Gasteiger partial charge in [0.05, 0.1) is 6.61 Å². The fraction of sp³-hybridized carbons (Fsp3) is 0.600. The zero-order chi connectivity index (χ0) is 14.2. The van der Waals surface area contributed by atoms with Crippen LogP contribution in [0.2, 0.25) is 0 Å². The second kappa shape index (κ2) is 5.23. The minimum atomic E-state index is -1.56. The molecule has 1 aliphatic rings. The molecule has 1 saturated heterocycles. The van der Waals surface area contributed by atoms with E-state index in [4.69, 9.17) is 15.6 Å². The summed E-state index contributed by atoms with van der Waals surface area (Å²) >= 11 is 0. The Bertz CT molecular complexity index is 504. The Morgan fingerprint density at radius 3 is 2.58 bits per heavy atom. The molecule has 106 valence electrons. The van der Waals surface area contributed by atoms with E-state index in [2.05, 4.69) is 4.98 Å². The lowest BCUT2D eigenvalue weighted by Gasteiger charge is -2.40. The number of nitrogen functional groups attached to an aromatic ring is 1. The van der Waals surface area contributed by atoms with Gasteiger partial charge in [-0.2, -0.15) is 4.98 Å². The van der Waals surface area contributed by atoms with E-state index in [9.17, 15) is 20.1 Å². The van der Waals surface area contributed by atoms with Crippen LogP contribution in [0, 0.1) is 0 Å². The SMILES string of the molecule is Nc1ccn([C@@H]2O[C@H](CO)[C@@H](O)[C@H](O)[C@H]2O)c(=O)n1. The smallest absolute Gasteiger partial charge is 0.351 e. The van der Waals surface area contributed by atoms with Crippen LogP contribution in [-0.4, -0.2) is 61.0 Å². The number of hydrogen-bond acceptors (Lipinski definition) is 8. The molecule has 1 aromatic rings. The van der Waals surface area contributed by atoms with Gasteiger partial charge in [-0.3, -0.25) is 4.57 Å². The van der Waals surface area contributed by atoms with Gasteiger partial charge in [-0.25, -0.2) is 4.79 Å². The van der Waals surface area contributed by atoms with Gasteiger partial charge in [0, 0.05) is 6.20 Å². The molecule has 0 spiro atoms. The molecule has 1 fully saturated rings. The Balaban J connectivity index is 2.35. The lowest BCUT2D eigenvalue weighted by atomic mass is 9.98. The van der Waals surface area contributed by atoms with Gasteiger partial charge >= 0.3 is 5.69 Å². The Kier molecular flexibility index (Phi) is 3.83. The highest BCUT2D eigenvalue weighted by molar-refractivity contribution is 5.23. The molecule has 0 aromatic carbocycles. The number of nitrogens with two attached hydrogens (primary N) is 1. The summed E-state index contributed by atoms with van der Waals surface area (Å²) in [4.78, 5) is 15.1. The lowest BCUT2D eigenvalue weighted by Crippen LogP contribution is -2.57. The highest BCUT2D eigenvalue weighted by Crippen LogP contribution is 2.27. The number of aliphatic hydroxyl groups is 4. The topological polar surface area (TPSA) is 151 Å². The van der Waals surface area contributed by atoms with Crippen LogP contribution < -0.4 is 11.4 Å². The standard InChI is InChI=1S/C10H15N3O6/c11-5-1-2-13(10(18)12-5)9-8(17)7(16)6(15)4(3-14)19-9/h1-2,4,6-9,14-17H,3H2,(H2,11,12,18)/t4-,6-,7+,8-,9-/m1/s1. The molecular weight excluding hydrogens is 258 g/mol. The van der Waals surface area contributed by atoms with Gasteiger partial charge in [0.2, 0.25) is 0 Å². The molecule has 2 heterocycles. The fourth-order valence-corrected chi connectivity index (χ4v) is 1.93. The maximum atomic E-state index is 11.6. The molecule has 1 aliphatic heterocycles. The van der Waals surface area contributed by atoms with Gasteiger partial charge in [0.25, 0.3) is 0 Å². The van der Waals surface area contributed by atoms with Crippen LogP contribution in [0.5, 0.6) is 0 Å². The number of ether oxygens (including phenoxy) is 1. The Hall–Kier alpha value is -1.52. The molecule has 0 amide bonds. The first-order valence-electron chi connectivity index (χ1n) is 5.61. The third kappa shape index (κ3) is 2.46. The Morgan fingerprint density at radius 2 is 2.00 bits per heavy atom. The zero-order valence-corrected chi connectivity index (χ0v) is 9.83. The summed E-state index contributed by atoms with van der Waals surface area (Å²) < 4.78 is 6.14. The predicted molar refractivity (Wildman–Crippen MR) is 61.9 cm³/mol. The molecule has 0 aliphatic carbocycles. The second-order valence-electron chi connectivity index (χ2n) is 4.26. The van der Waals surface area contributed by atoms with Crippen LogP contribution in [0.3, 0.4) is 0 Å². The summed E-state index contributed by atoms with van der Waals surface area (Å²) in [5.41, 5.74) is 4.56. The lowest BCUT2D eigenvalue weighted by molar-refractivity contribution is -0.252. The van der Waals surface area contributed by atoms with Gasteiger partial charge < -0.3 is 30.9 Å². The third-order valence-electron chi connectivity index (χ3n) is 2.99. The maximum Gasteiger partial charge on any atom is 0.351 e. The van der Waals surface area contributed by atoms with E-state index in [-0.39, 0.29) is 5.82 Å². The van der Waals surface area contributed by atoms with Crippen molar-refractivity contribution >= 4 is 5.82 Å². The van der Waals surface area contributed by atoms with E-state index in [0.717, 1.165) is 4.57 Å². The van der Waals surface area contributed by atoms with Gasteiger partial charge in [0.15, 0.2) is 6.23 Å². The fourth-order valence-electron chi connectivity index (χ4n) is 1.93. The summed E-state index contributed by atoms with van der Waals surface area (Å²) in [5, 5.41) is 38.1. The van der Waals surface area contributed by atoms with Crippen molar-refractivity contribution in [2.45, 2.75) is 30.6 Å². The first kappa shape index (κ1) is 13.9. The van der Waals surface area contributed by atoms with Crippen LogP contribution in [-0.2, 0) is 4.74 Å². The Morgan fingerprint density at radius 1 is 1.32 bits per heavy atom. The molecule has 9 nitrogen and oxygen atoms in total. The summed E-state index contributed by atoms with van der Waals surface area (Å²) in [6.45, 7) is -0.571. The monoisotopic (exact) mass is 273 g/mol. The molecule has 0 saturated carbocycles. The second-order valence-corrected chi connectivity index (χ2v) is 4.26. The van der Waals surface area contributed by atoms with Crippen LogP contribution in [0.1, 0.15) is 6.23 Å². The number of aliphatic hydroxyl groups excluding tert-OH is 4. The van der Waals surface area contributed by atoms with Gasteiger partial charge in [0.1, 0.15) is 30.2 Å². The van der Waals surface area contributed by atoms with Crippen molar-refractivity contribution in [3.8, 4) is 0 Å². The van der Waals surface area contributed by atoms with Gasteiger partial charge in [-0.15, -0.1) is 0 Å². The molecule has 6 N–H and O–H groups in total. The molecule has 0 unspecified atom stereocenters. The van der Waals surface area contributed by atoms with E-state index >= 15 is 0 Å². The van der Waals surface area contributed by atoms with Crippen molar-refractivity contribution in [2.75, 3.05) is 12.3 Å². The first-order chi connectivity index (χ1) is 8.95. The summed E-state index contributed by atoms with van der Waals surface area (Å²) in [6.07, 6.45) is -5.68. The van der Waals surface area contributed by atoms with Crippen LogP contribution in [0.15, 0.2) is 17.1 Å². The minimum Gasteiger partial charge on any atom is -0.394 e. The normalized spacial score (nSPS) is 35.3. The molecule has 0 radical (unpaired) electrons. The van der Waals surface area contributed by atoms with E-state index in [1.54, 1.807) is 0 Å². The van der Waals surface area contributed by atoms with Gasteiger partial charge in [-0.1, -0.05) is 0 Å². The zero-order valence-electron chi connectivity index (χ0n) is 9.83. The van der Waals surface area contributed by atoms with E-state index < -0.39 is 42.9 Å². The Labute approximate surface area is 107 Å². The molecule has 0 bridgehead atoms. The molecule has 19 heavy (non-hydrogen) atoms. The highest BCUT2D eigenvalue weighted by Gasteiger charge is 2.44. The quantitative estimate of drug-likeness (QED) is 0.378.